The Bertz CT molecular complexity index is 639. The molecule has 2 aliphatic heterocycles. The second kappa shape index (κ2) is 5.55. The van der Waals surface area contributed by atoms with Crippen molar-refractivity contribution in [1.82, 2.24) is 9.80 Å². The maximum atomic E-state index is 12.5. The zero-order valence-electron chi connectivity index (χ0n) is 13.5. The number of hydrogen-bond acceptors (Lipinski definition) is 3. The minimum absolute atomic E-state index is 0.0792. The first-order chi connectivity index (χ1) is 10.6. The fourth-order valence-corrected chi connectivity index (χ4v) is 3.33. The molecule has 0 aromatic heterocycles. The quantitative estimate of drug-likeness (QED) is 0.862. The van der Waals surface area contributed by atoms with Gasteiger partial charge < -0.3 is 14.4 Å². The summed E-state index contributed by atoms with van der Waals surface area (Å²) >= 11 is 0. The third-order valence-corrected chi connectivity index (χ3v) is 4.47. The molecule has 2 amide bonds. The van der Waals surface area contributed by atoms with Gasteiger partial charge in [-0.3, -0.25) is 4.90 Å². The van der Waals surface area contributed by atoms with Crippen LogP contribution in [0.2, 0.25) is 0 Å². The predicted octanol–water partition coefficient (Wildman–Crippen LogP) is 2.96. The molecule has 2 heterocycles. The molecule has 1 aromatic rings. The lowest BCUT2D eigenvalue weighted by atomic mass is 9.94. The molecule has 0 bridgehead atoms. The zero-order chi connectivity index (χ0) is 15.9. The standard InChI is InChI=1S/C17H22N2O3/c1-5-18-10-13-6-11(2)16-12(9-19(13)17(18)20)7-14(21-3)8-15(16)22-4/h6-8,11H,5,9-10H2,1-4H3/t11-/m0/s1. The van der Waals surface area contributed by atoms with Crippen molar-refractivity contribution in [1.29, 1.82) is 0 Å². The van der Waals surface area contributed by atoms with Crippen molar-refractivity contribution in [3.05, 3.63) is 35.0 Å². The van der Waals surface area contributed by atoms with Crippen LogP contribution in [-0.2, 0) is 6.54 Å². The zero-order valence-corrected chi connectivity index (χ0v) is 13.5. The number of carbonyl (C=O) groups excluding carboxylic acids is 1. The Hall–Kier alpha value is -2.17. The predicted molar refractivity (Wildman–Crippen MR) is 84.2 cm³/mol. The first-order valence-electron chi connectivity index (χ1n) is 7.61. The van der Waals surface area contributed by atoms with Gasteiger partial charge in [-0.05, 0) is 18.6 Å². The average molecular weight is 302 g/mol. The van der Waals surface area contributed by atoms with Gasteiger partial charge in [0, 0.05) is 29.8 Å². The van der Waals surface area contributed by atoms with E-state index in [9.17, 15) is 4.79 Å². The number of ether oxygens (including phenoxy) is 2. The molecule has 1 atom stereocenters. The van der Waals surface area contributed by atoms with Crippen LogP contribution in [0.5, 0.6) is 11.5 Å². The Kier molecular flexibility index (Phi) is 3.72. The van der Waals surface area contributed by atoms with E-state index in [0.717, 1.165) is 34.9 Å². The maximum absolute atomic E-state index is 12.5. The summed E-state index contributed by atoms with van der Waals surface area (Å²) < 4.78 is 10.9. The second-order valence-electron chi connectivity index (χ2n) is 5.73. The van der Waals surface area contributed by atoms with E-state index in [-0.39, 0.29) is 11.9 Å². The van der Waals surface area contributed by atoms with E-state index in [4.69, 9.17) is 9.47 Å². The minimum Gasteiger partial charge on any atom is -0.497 e. The summed E-state index contributed by atoms with van der Waals surface area (Å²) in [5.41, 5.74) is 3.30. The largest absolute Gasteiger partial charge is 0.497 e. The van der Waals surface area contributed by atoms with Crippen molar-refractivity contribution in [2.24, 2.45) is 0 Å². The second-order valence-corrected chi connectivity index (χ2v) is 5.73. The Balaban J connectivity index is 2.09. The van der Waals surface area contributed by atoms with Crippen molar-refractivity contribution < 1.29 is 14.3 Å². The van der Waals surface area contributed by atoms with E-state index in [2.05, 4.69) is 13.0 Å². The molecule has 1 aromatic carbocycles. The Labute approximate surface area is 131 Å². The highest BCUT2D eigenvalue weighted by molar-refractivity contribution is 5.80. The number of hydrogen-bond donors (Lipinski definition) is 0. The monoisotopic (exact) mass is 302 g/mol. The first-order valence-corrected chi connectivity index (χ1v) is 7.61. The molecule has 0 spiro atoms. The lowest BCUT2D eigenvalue weighted by Gasteiger charge is -2.20. The van der Waals surface area contributed by atoms with Crippen molar-refractivity contribution in [3.8, 4) is 11.5 Å². The lowest BCUT2D eigenvalue weighted by molar-refractivity contribution is 0.195. The first kappa shape index (κ1) is 14.8. The Morgan fingerprint density at radius 3 is 2.64 bits per heavy atom. The molecule has 118 valence electrons. The molecule has 22 heavy (non-hydrogen) atoms. The van der Waals surface area contributed by atoms with Gasteiger partial charge in [0.05, 0.1) is 27.3 Å². The summed E-state index contributed by atoms with van der Waals surface area (Å²) in [6.45, 7) is 6.13. The third-order valence-electron chi connectivity index (χ3n) is 4.47. The highest BCUT2D eigenvalue weighted by Crippen LogP contribution is 2.40. The lowest BCUT2D eigenvalue weighted by Crippen LogP contribution is -2.31. The van der Waals surface area contributed by atoms with Gasteiger partial charge in [0.2, 0.25) is 0 Å². The van der Waals surface area contributed by atoms with Crippen LogP contribution in [0, 0.1) is 0 Å². The number of likely N-dealkylation sites (N-methyl/N-ethyl adjacent to an activating group) is 1. The molecule has 2 aliphatic rings. The normalized spacial score (nSPS) is 20.3. The third kappa shape index (κ3) is 2.21. The molecular weight excluding hydrogens is 280 g/mol. The van der Waals surface area contributed by atoms with Crippen molar-refractivity contribution in [2.75, 3.05) is 27.3 Å². The van der Waals surface area contributed by atoms with Gasteiger partial charge in [0.1, 0.15) is 11.5 Å². The molecule has 0 unspecified atom stereocenters. The van der Waals surface area contributed by atoms with Crippen molar-refractivity contribution in [3.63, 3.8) is 0 Å². The number of amides is 2. The van der Waals surface area contributed by atoms with Gasteiger partial charge in [-0.15, -0.1) is 0 Å². The van der Waals surface area contributed by atoms with Crippen LogP contribution in [0.4, 0.5) is 4.79 Å². The Morgan fingerprint density at radius 1 is 1.23 bits per heavy atom. The molecule has 0 N–H and O–H groups in total. The van der Waals surface area contributed by atoms with E-state index in [0.29, 0.717) is 13.1 Å². The SMILES string of the molecule is CCN1CC2=C[C@H](C)c3c(cc(OC)cc3OC)CN2C1=O. The Morgan fingerprint density at radius 2 is 2.00 bits per heavy atom. The van der Waals surface area contributed by atoms with Crippen LogP contribution in [0.15, 0.2) is 23.9 Å². The van der Waals surface area contributed by atoms with E-state index < -0.39 is 0 Å². The van der Waals surface area contributed by atoms with E-state index >= 15 is 0 Å². The van der Waals surface area contributed by atoms with Gasteiger partial charge >= 0.3 is 6.03 Å². The summed E-state index contributed by atoms with van der Waals surface area (Å²) in [7, 11) is 3.32. The number of benzene rings is 1. The molecule has 5 heteroatoms. The molecular formula is C17H22N2O3. The van der Waals surface area contributed by atoms with Crippen LogP contribution in [0.1, 0.15) is 30.9 Å². The summed E-state index contributed by atoms with van der Waals surface area (Å²) in [5.74, 6) is 1.77. The number of carbonyl (C=O) groups is 1. The molecule has 0 radical (unpaired) electrons. The fraction of sp³-hybridized carbons (Fsp3) is 0.471. The van der Waals surface area contributed by atoms with Crippen LogP contribution >= 0.6 is 0 Å². The van der Waals surface area contributed by atoms with E-state index in [1.165, 1.54) is 0 Å². The molecule has 3 rings (SSSR count). The van der Waals surface area contributed by atoms with Crippen molar-refractivity contribution in [2.45, 2.75) is 26.3 Å². The number of urea groups is 1. The van der Waals surface area contributed by atoms with Crippen LogP contribution < -0.4 is 9.47 Å². The highest BCUT2D eigenvalue weighted by atomic mass is 16.5. The number of fused-ring (bicyclic) bond motifs is 2. The summed E-state index contributed by atoms with van der Waals surface area (Å²) in [6.07, 6.45) is 2.17. The minimum atomic E-state index is 0.0792. The van der Waals surface area contributed by atoms with Gasteiger partial charge in [-0.25, -0.2) is 4.79 Å². The average Bonchev–Trinajstić information content (AvgIpc) is 2.73. The molecule has 0 saturated carbocycles. The number of methoxy groups -OCH3 is 2. The summed E-state index contributed by atoms with van der Waals surface area (Å²) in [6, 6.07) is 3.99. The fourth-order valence-electron chi connectivity index (χ4n) is 3.33. The van der Waals surface area contributed by atoms with Crippen molar-refractivity contribution >= 4 is 6.03 Å². The van der Waals surface area contributed by atoms with Gasteiger partial charge in [-0.2, -0.15) is 0 Å². The maximum Gasteiger partial charge on any atom is 0.324 e. The molecule has 0 aliphatic carbocycles. The summed E-state index contributed by atoms with van der Waals surface area (Å²) in [4.78, 5) is 16.2. The number of allylic oxidation sites excluding steroid dienone is 1. The van der Waals surface area contributed by atoms with Gasteiger partial charge in [0.25, 0.3) is 0 Å². The molecule has 1 fully saturated rings. The van der Waals surface area contributed by atoms with Gasteiger partial charge in [-0.1, -0.05) is 13.0 Å². The number of rotatable bonds is 3. The van der Waals surface area contributed by atoms with Crippen LogP contribution in [-0.4, -0.2) is 43.1 Å². The molecule has 1 saturated heterocycles. The van der Waals surface area contributed by atoms with E-state index in [1.54, 1.807) is 14.2 Å². The van der Waals surface area contributed by atoms with E-state index in [1.807, 2.05) is 28.9 Å². The number of nitrogens with zero attached hydrogens (tertiary/aromatic N) is 2. The summed E-state index contributed by atoms with van der Waals surface area (Å²) in [5, 5.41) is 0. The highest BCUT2D eigenvalue weighted by Gasteiger charge is 2.35. The smallest absolute Gasteiger partial charge is 0.324 e. The van der Waals surface area contributed by atoms with Gasteiger partial charge in [0.15, 0.2) is 0 Å². The van der Waals surface area contributed by atoms with Crippen LogP contribution in [0.25, 0.3) is 0 Å². The van der Waals surface area contributed by atoms with Crippen LogP contribution in [0.3, 0.4) is 0 Å². The molecule has 5 nitrogen and oxygen atoms in total. The topological polar surface area (TPSA) is 42.0 Å².